The van der Waals surface area contributed by atoms with Crippen LogP contribution in [0.5, 0.6) is 0 Å². The molecule has 1 aliphatic rings. The third-order valence-electron chi connectivity index (χ3n) is 3.83. The first-order valence-electron chi connectivity index (χ1n) is 7.37. The van der Waals surface area contributed by atoms with Gasteiger partial charge in [0.25, 0.3) is 0 Å². The van der Waals surface area contributed by atoms with Crippen molar-refractivity contribution < 1.29 is 9.26 Å². The first-order chi connectivity index (χ1) is 10.3. The highest BCUT2D eigenvalue weighted by Crippen LogP contribution is 2.20. The van der Waals surface area contributed by atoms with Gasteiger partial charge < -0.3 is 9.26 Å². The molecule has 0 bridgehead atoms. The molecule has 2 aromatic heterocycles. The van der Waals surface area contributed by atoms with Gasteiger partial charge in [0.15, 0.2) is 5.82 Å². The lowest BCUT2D eigenvalue weighted by molar-refractivity contribution is 0.191. The zero-order valence-electron chi connectivity index (χ0n) is 12.3. The summed E-state index contributed by atoms with van der Waals surface area (Å²) in [5, 5.41) is 8.27. The van der Waals surface area contributed by atoms with Crippen molar-refractivity contribution in [3.05, 3.63) is 30.2 Å². The smallest absolute Gasteiger partial charge is 0.240 e. The molecule has 1 atom stereocenters. The van der Waals surface area contributed by atoms with Crippen LogP contribution < -0.4 is 0 Å². The first kappa shape index (κ1) is 14.2. The van der Waals surface area contributed by atoms with E-state index >= 15 is 0 Å². The molecule has 0 amide bonds. The Balaban J connectivity index is 1.56. The maximum Gasteiger partial charge on any atom is 0.240 e. The highest BCUT2D eigenvalue weighted by Gasteiger charge is 2.26. The van der Waals surface area contributed by atoms with Gasteiger partial charge in [0.1, 0.15) is 0 Å². The fourth-order valence-electron chi connectivity index (χ4n) is 2.76. The Kier molecular flexibility index (Phi) is 4.62. The van der Waals surface area contributed by atoms with Gasteiger partial charge in [0.05, 0.1) is 19.7 Å². The standard InChI is InChI=1S/C14H21N5O2/c1-20-9-5-13-16-14(21-17-13)11-18-7-2-4-12(18)10-19-8-3-6-15-19/h3,6,8,12H,2,4-5,7,9-11H2,1H3/t12-/m0/s1. The number of methoxy groups -OCH3 is 1. The van der Waals surface area contributed by atoms with Crippen LogP contribution in [-0.4, -0.2) is 51.1 Å². The lowest BCUT2D eigenvalue weighted by Gasteiger charge is -2.22. The predicted octanol–water partition coefficient (Wildman–Crippen LogP) is 1.12. The number of likely N-dealkylation sites (tertiary alicyclic amines) is 1. The number of hydrogen-bond acceptors (Lipinski definition) is 6. The highest BCUT2D eigenvalue weighted by molar-refractivity contribution is 4.90. The van der Waals surface area contributed by atoms with Crippen LogP contribution in [0.15, 0.2) is 23.0 Å². The Hall–Kier alpha value is -1.73. The molecule has 0 aliphatic carbocycles. The fraction of sp³-hybridized carbons (Fsp3) is 0.643. The van der Waals surface area contributed by atoms with E-state index in [1.54, 1.807) is 7.11 Å². The van der Waals surface area contributed by atoms with E-state index in [4.69, 9.17) is 9.26 Å². The summed E-state index contributed by atoms with van der Waals surface area (Å²) in [5.41, 5.74) is 0. The van der Waals surface area contributed by atoms with E-state index < -0.39 is 0 Å². The van der Waals surface area contributed by atoms with Crippen molar-refractivity contribution in [1.29, 1.82) is 0 Å². The van der Waals surface area contributed by atoms with Crippen LogP contribution in [0.2, 0.25) is 0 Å². The summed E-state index contributed by atoms with van der Waals surface area (Å²) >= 11 is 0. The monoisotopic (exact) mass is 291 g/mol. The van der Waals surface area contributed by atoms with Gasteiger partial charge in [-0.1, -0.05) is 5.16 Å². The summed E-state index contributed by atoms with van der Waals surface area (Å²) in [4.78, 5) is 6.82. The van der Waals surface area contributed by atoms with Crippen molar-refractivity contribution in [3.8, 4) is 0 Å². The third kappa shape index (κ3) is 3.68. The lowest BCUT2D eigenvalue weighted by Crippen LogP contribution is -2.32. The summed E-state index contributed by atoms with van der Waals surface area (Å²) in [7, 11) is 1.67. The number of aromatic nitrogens is 4. The minimum Gasteiger partial charge on any atom is -0.384 e. The molecule has 7 nitrogen and oxygen atoms in total. The molecule has 3 rings (SSSR count). The van der Waals surface area contributed by atoms with Crippen molar-refractivity contribution in [2.75, 3.05) is 20.3 Å². The molecule has 114 valence electrons. The third-order valence-corrected chi connectivity index (χ3v) is 3.83. The van der Waals surface area contributed by atoms with Crippen molar-refractivity contribution >= 4 is 0 Å². The van der Waals surface area contributed by atoms with E-state index in [1.807, 2.05) is 23.1 Å². The van der Waals surface area contributed by atoms with Crippen LogP contribution >= 0.6 is 0 Å². The Morgan fingerprint density at radius 1 is 1.48 bits per heavy atom. The number of hydrogen-bond donors (Lipinski definition) is 0. The van der Waals surface area contributed by atoms with Crippen molar-refractivity contribution in [2.45, 2.75) is 38.4 Å². The van der Waals surface area contributed by atoms with Gasteiger partial charge in [-0.3, -0.25) is 9.58 Å². The Labute approximate surface area is 123 Å². The molecule has 0 N–H and O–H groups in total. The van der Waals surface area contributed by atoms with Gasteiger partial charge in [-0.25, -0.2) is 0 Å². The predicted molar refractivity (Wildman–Crippen MR) is 75.5 cm³/mol. The molecule has 0 aromatic carbocycles. The second kappa shape index (κ2) is 6.82. The SMILES string of the molecule is COCCc1noc(CN2CCC[C@H]2Cn2cccn2)n1. The summed E-state index contributed by atoms with van der Waals surface area (Å²) < 4.78 is 12.3. The average molecular weight is 291 g/mol. The van der Waals surface area contributed by atoms with E-state index in [-0.39, 0.29) is 0 Å². The fourth-order valence-corrected chi connectivity index (χ4v) is 2.76. The second-order valence-corrected chi connectivity index (χ2v) is 5.34. The minimum atomic E-state index is 0.485. The van der Waals surface area contributed by atoms with Crippen LogP contribution in [0.3, 0.4) is 0 Å². The topological polar surface area (TPSA) is 69.2 Å². The van der Waals surface area contributed by atoms with Crippen molar-refractivity contribution in [3.63, 3.8) is 0 Å². The first-order valence-corrected chi connectivity index (χ1v) is 7.37. The van der Waals surface area contributed by atoms with Gasteiger partial charge in [-0.15, -0.1) is 0 Å². The normalized spacial score (nSPS) is 19.4. The average Bonchev–Trinajstić information content (AvgIpc) is 3.21. The molecular formula is C14H21N5O2. The van der Waals surface area contributed by atoms with Gasteiger partial charge in [-0.05, 0) is 25.5 Å². The van der Waals surface area contributed by atoms with Crippen molar-refractivity contribution in [2.24, 2.45) is 0 Å². The summed E-state index contributed by atoms with van der Waals surface area (Å²) in [6, 6.07) is 2.44. The van der Waals surface area contributed by atoms with Crippen LogP contribution in [0.4, 0.5) is 0 Å². The van der Waals surface area contributed by atoms with E-state index in [0.717, 1.165) is 18.9 Å². The zero-order valence-corrected chi connectivity index (χ0v) is 12.3. The Bertz CT molecular complexity index is 539. The second-order valence-electron chi connectivity index (χ2n) is 5.34. The van der Waals surface area contributed by atoms with E-state index in [0.29, 0.717) is 31.5 Å². The van der Waals surface area contributed by atoms with Gasteiger partial charge in [0.2, 0.25) is 5.89 Å². The van der Waals surface area contributed by atoms with Crippen LogP contribution in [-0.2, 0) is 24.2 Å². The molecule has 0 saturated carbocycles. The van der Waals surface area contributed by atoms with Gasteiger partial charge >= 0.3 is 0 Å². The number of ether oxygens (including phenoxy) is 1. The molecular weight excluding hydrogens is 270 g/mol. The quantitative estimate of drug-likeness (QED) is 0.761. The summed E-state index contributed by atoms with van der Waals surface area (Å²) in [6.07, 6.45) is 6.91. The molecule has 0 radical (unpaired) electrons. The van der Waals surface area contributed by atoms with Crippen LogP contribution in [0, 0.1) is 0 Å². The molecule has 7 heteroatoms. The molecule has 21 heavy (non-hydrogen) atoms. The van der Waals surface area contributed by atoms with E-state index in [2.05, 4.69) is 20.1 Å². The van der Waals surface area contributed by atoms with Gasteiger partial charge in [0, 0.05) is 32.0 Å². The molecule has 1 fully saturated rings. The van der Waals surface area contributed by atoms with E-state index in [9.17, 15) is 0 Å². The molecule has 3 heterocycles. The summed E-state index contributed by atoms with van der Waals surface area (Å²) in [5.74, 6) is 1.41. The van der Waals surface area contributed by atoms with Crippen molar-refractivity contribution in [1.82, 2.24) is 24.8 Å². The van der Waals surface area contributed by atoms with Crippen LogP contribution in [0.25, 0.3) is 0 Å². The maximum atomic E-state index is 5.33. The highest BCUT2D eigenvalue weighted by atomic mass is 16.5. The molecule has 2 aromatic rings. The maximum absolute atomic E-state index is 5.33. The molecule has 1 aliphatic heterocycles. The zero-order chi connectivity index (χ0) is 14.5. The van der Waals surface area contributed by atoms with E-state index in [1.165, 1.54) is 12.8 Å². The number of nitrogens with zero attached hydrogens (tertiary/aromatic N) is 5. The Morgan fingerprint density at radius 3 is 3.24 bits per heavy atom. The number of rotatable bonds is 7. The lowest BCUT2D eigenvalue weighted by atomic mass is 10.2. The molecule has 0 spiro atoms. The summed E-state index contributed by atoms with van der Waals surface area (Å²) in [6.45, 7) is 3.32. The Morgan fingerprint density at radius 2 is 2.43 bits per heavy atom. The van der Waals surface area contributed by atoms with Crippen LogP contribution in [0.1, 0.15) is 24.6 Å². The minimum absolute atomic E-state index is 0.485. The molecule has 1 saturated heterocycles. The molecule has 0 unspecified atom stereocenters. The van der Waals surface area contributed by atoms with Gasteiger partial charge in [-0.2, -0.15) is 10.1 Å². The largest absolute Gasteiger partial charge is 0.384 e.